The van der Waals surface area contributed by atoms with Gasteiger partial charge in [0.05, 0.1) is 16.9 Å². The quantitative estimate of drug-likeness (QED) is 0.163. The van der Waals surface area contributed by atoms with Crippen LogP contribution in [0.5, 0.6) is 0 Å². The van der Waals surface area contributed by atoms with Gasteiger partial charge < -0.3 is 9.80 Å². The molecule has 4 aliphatic heterocycles. The third-order valence-electron chi connectivity index (χ3n) is 14.1. The Morgan fingerprint density at radius 3 is 1.47 bits per heavy atom. The molecule has 0 unspecified atom stereocenters. The van der Waals surface area contributed by atoms with Gasteiger partial charge in [0.1, 0.15) is 0 Å². The van der Waals surface area contributed by atoms with Crippen LogP contribution < -0.4 is 42.6 Å². The lowest BCUT2D eigenvalue weighted by Crippen LogP contribution is -2.68. The molecule has 13 rings (SSSR count). The summed E-state index contributed by atoms with van der Waals surface area (Å²) >= 11 is 1.76. The van der Waals surface area contributed by atoms with E-state index in [0.29, 0.717) is 0 Å². The summed E-state index contributed by atoms with van der Waals surface area (Å²) in [5.41, 5.74) is 20.4. The van der Waals surface area contributed by atoms with E-state index in [0.717, 1.165) is 99.1 Å². The molecule has 66 heavy (non-hydrogen) atoms. The van der Waals surface area contributed by atoms with Crippen molar-refractivity contribution >= 4 is 92.1 Å². The van der Waals surface area contributed by atoms with Crippen molar-refractivity contribution in [3.05, 3.63) is 204 Å². The van der Waals surface area contributed by atoms with Gasteiger partial charge in [0.25, 0.3) is 6.71 Å². The molecule has 0 saturated carbocycles. The van der Waals surface area contributed by atoms with E-state index in [4.69, 9.17) is 0 Å². The largest absolute Gasteiger partial charge is 0.418 e. The highest BCUT2D eigenvalue weighted by atomic mass is 32.2. The lowest BCUT2D eigenvalue weighted by atomic mass is 9.29. The predicted molar refractivity (Wildman–Crippen MR) is 271 cm³/mol. The fraction of sp³-hybridized carbons (Fsp3) is 0.0690. The van der Waals surface area contributed by atoms with Crippen LogP contribution in [0.15, 0.2) is 192 Å². The minimum Gasteiger partial charge on any atom is -0.312 e. The van der Waals surface area contributed by atoms with Gasteiger partial charge in [-0.3, -0.25) is 0 Å². The number of anilines is 6. The summed E-state index contributed by atoms with van der Waals surface area (Å²) < 4.78 is 47.4. The molecule has 4 heterocycles. The third-order valence-corrected chi connectivity index (χ3v) is 15.3. The lowest BCUT2D eigenvalue weighted by molar-refractivity contribution is -0.137. The highest BCUT2D eigenvalue weighted by Gasteiger charge is 2.53. The molecule has 0 aliphatic carbocycles. The Hall–Kier alpha value is -7.15. The number of alkyl halides is 3. The van der Waals surface area contributed by atoms with Crippen molar-refractivity contribution in [2.75, 3.05) is 9.80 Å². The normalized spacial score (nSPS) is 13.7. The van der Waals surface area contributed by atoms with Crippen LogP contribution in [0.4, 0.5) is 47.3 Å². The summed E-state index contributed by atoms with van der Waals surface area (Å²) in [5, 5.41) is 0. The van der Waals surface area contributed by atoms with Gasteiger partial charge in [-0.2, -0.15) is 13.2 Å². The molecule has 0 amide bonds. The maximum Gasteiger partial charge on any atom is 0.418 e. The van der Waals surface area contributed by atoms with E-state index in [1.54, 1.807) is 23.9 Å². The summed E-state index contributed by atoms with van der Waals surface area (Å²) in [6.45, 7) is 5.95. The summed E-state index contributed by atoms with van der Waals surface area (Å²) in [7, 11) is 0. The highest BCUT2D eigenvalue weighted by molar-refractivity contribution is 8.00. The SMILES string of the molecule is Cc1ccc2c(c1)B1c3ccccc3Sc3c1c1c4c(c3-c3c(-c5ccccc5)cccc3-c3ccccc3)N(c3ccccc3C(F)(F)F)c3ccc(C)cc3B4c3cc(C)ccc3N21. The van der Waals surface area contributed by atoms with Crippen LogP contribution in [0, 0.1) is 20.8 Å². The first kappa shape index (κ1) is 39.2. The van der Waals surface area contributed by atoms with Crippen LogP contribution in [-0.4, -0.2) is 13.4 Å². The van der Waals surface area contributed by atoms with E-state index < -0.39 is 11.7 Å². The number of para-hydroxylation sites is 1. The number of nitrogens with zero attached hydrogens (tertiary/aromatic N) is 2. The van der Waals surface area contributed by atoms with Crippen LogP contribution in [0.1, 0.15) is 22.3 Å². The Morgan fingerprint density at radius 2 is 0.909 bits per heavy atom. The fourth-order valence-corrected chi connectivity index (χ4v) is 12.8. The number of hydrogen-bond acceptors (Lipinski definition) is 3. The maximum atomic E-state index is 15.8. The summed E-state index contributed by atoms with van der Waals surface area (Å²) in [5.74, 6) is 0. The molecule has 9 aromatic rings. The standard InChI is InChI=1S/C58H39B2F3N2S/c1-34-26-29-48-43(31-34)59-42-22-11-13-24-50(42)66-57-52(51-39(37-15-6-4-7-16-37)19-14-20-40(51)38-17-8-5-9-18-38)55-53-56(54(57)59)65(48)49-30-27-36(3)33-45(49)60(53)44-32-35(2)25-28-47(44)64(55)46-23-12-10-21-41(46)58(61,62)63/h4-33H,1-3H3. The molecular weight excluding hydrogens is 835 g/mol. The zero-order valence-corrected chi connectivity index (χ0v) is 37.2. The number of halogens is 3. The molecule has 4 aliphatic rings. The Morgan fingerprint density at radius 1 is 0.424 bits per heavy atom. The van der Waals surface area contributed by atoms with Gasteiger partial charge in [-0.05, 0) is 107 Å². The fourth-order valence-electron chi connectivity index (χ4n) is 11.5. The van der Waals surface area contributed by atoms with E-state index in [1.165, 1.54) is 34.1 Å². The third kappa shape index (κ3) is 5.61. The highest BCUT2D eigenvalue weighted by Crippen LogP contribution is 2.57. The van der Waals surface area contributed by atoms with Crippen LogP contribution in [0.25, 0.3) is 33.4 Å². The van der Waals surface area contributed by atoms with E-state index >= 15 is 13.2 Å². The van der Waals surface area contributed by atoms with Gasteiger partial charge in [-0.1, -0.05) is 180 Å². The van der Waals surface area contributed by atoms with Crippen molar-refractivity contribution < 1.29 is 13.2 Å². The predicted octanol–water partition coefficient (Wildman–Crippen LogP) is 12.0. The zero-order valence-electron chi connectivity index (χ0n) is 36.4. The molecule has 0 saturated heterocycles. The van der Waals surface area contributed by atoms with Gasteiger partial charge >= 0.3 is 6.18 Å². The van der Waals surface area contributed by atoms with Crippen molar-refractivity contribution in [3.63, 3.8) is 0 Å². The minimum atomic E-state index is -4.64. The monoisotopic (exact) mass is 874 g/mol. The second kappa shape index (κ2) is 14.4. The van der Waals surface area contributed by atoms with Crippen LogP contribution in [-0.2, 0) is 6.18 Å². The van der Waals surface area contributed by atoms with Gasteiger partial charge in [0, 0.05) is 43.7 Å². The number of hydrogen-bond donors (Lipinski definition) is 0. The average Bonchev–Trinajstić information content (AvgIpc) is 3.33. The van der Waals surface area contributed by atoms with E-state index in [2.05, 4.69) is 165 Å². The van der Waals surface area contributed by atoms with E-state index in [-0.39, 0.29) is 19.1 Å². The zero-order chi connectivity index (χ0) is 44.6. The molecule has 9 aromatic carbocycles. The lowest BCUT2D eigenvalue weighted by Gasteiger charge is -2.51. The Bertz CT molecular complexity index is 3460. The second-order valence-electron chi connectivity index (χ2n) is 18.1. The van der Waals surface area contributed by atoms with Crippen molar-refractivity contribution in [2.45, 2.75) is 36.7 Å². The molecule has 8 heteroatoms. The minimum absolute atomic E-state index is 0.0999. The summed E-state index contributed by atoms with van der Waals surface area (Å²) in [6, 6.07) is 62.2. The first-order valence-electron chi connectivity index (χ1n) is 22.5. The van der Waals surface area contributed by atoms with Crippen molar-refractivity contribution in [3.8, 4) is 33.4 Å². The van der Waals surface area contributed by atoms with E-state index in [9.17, 15) is 0 Å². The Kier molecular flexibility index (Phi) is 8.57. The molecule has 0 fully saturated rings. The summed E-state index contributed by atoms with van der Waals surface area (Å²) in [6.07, 6.45) is -4.64. The number of aryl methyl sites for hydroxylation is 3. The molecule has 2 nitrogen and oxygen atoms in total. The van der Waals surface area contributed by atoms with Gasteiger partial charge in [0.2, 0.25) is 6.71 Å². The average molecular weight is 875 g/mol. The van der Waals surface area contributed by atoms with Gasteiger partial charge in [-0.25, -0.2) is 0 Å². The molecule has 0 aromatic heterocycles. The molecule has 0 N–H and O–H groups in total. The molecule has 314 valence electrons. The molecule has 0 bridgehead atoms. The topological polar surface area (TPSA) is 6.48 Å². The van der Waals surface area contributed by atoms with Crippen molar-refractivity contribution in [1.29, 1.82) is 0 Å². The first-order valence-corrected chi connectivity index (χ1v) is 23.3. The molecule has 0 atom stereocenters. The Balaban J connectivity index is 1.31. The van der Waals surface area contributed by atoms with Crippen LogP contribution in [0.3, 0.4) is 0 Å². The van der Waals surface area contributed by atoms with Crippen LogP contribution >= 0.6 is 11.8 Å². The molecule has 0 spiro atoms. The van der Waals surface area contributed by atoms with Gasteiger partial charge in [-0.15, -0.1) is 0 Å². The van der Waals surface area contributed by atoms with Crippen LogP contribution in [0.2, 0.25) is 0 Å². The number of fused-ring (bicyclic) bond motifs is 10. The first-order chi connectivity index (χ1) is 32.2. The molecule has 0 radical (unpaired) electrons. The Labute approximate surface area is 387 Å². The van der Waals surface area contributed by atoms with E-state index in [1.807, 2.05) is 23.1 Å². The smallest absolute Gasteiger partial charge is 0.312 e. The maximum absolute atomic E-state index is 15.8. The second-order valence-corrected chi connectivity index (χ2v) is 19.1. The van der Waals surface area contributed by atoms with Gasteiger partial charge in [0.15, 0.2) is 0 Å². The number of benzene rings is 9. The van der Waals surface area contributed by atoms with Crippen molar-refractivity contribution in [1.82, 2.24) is 0 Å². The molecular formula is C58H39B2F3N2S. The van der Waals surface area contributed by atoms with Crippen molar-refractivity contribution in [2.24, 2.45) is 0 Å². The summed E-state index contributed by atoms with van der Waals surface area (Å²) in [4.78, 5) is 6.65. The number of rotatable bonds is 4.